The van der Waals surface area contributed by atoms with Gasteiger partial charge in [-0.3, -0.25) is 0 Å². The van der Waals surface area contributed by atoms with Crippen molar-refractivity contribution in [2.24, 2.45) is 0 Å². The Labute approximate surface area is 92.6 Å². The summed E-state index contributed by atoms with van der Waals surface area (Å²) in [5.74, 6) is 0. The molecule has 1 aromatic carbocycles. The van der Waals surface area contributed by atoms with E-state index < -0.39 is 0 Å². The third-order valence-electron chi connectivity index (χ3n) is 2.66. The smallest absolute Gasteiger partial charge is 0.0667 e. The molecule has 0 bridgehead atoms. The van der Waals surface area contributed by atoms with Crippen molar-refractivity contribution in [2.75, 3.05) is 13.7 Å². The van der Waals surface area contributed by atoms with E-state index in [1.165, 1.54) is 11.1 Å². The quantitative estimate of drug-likeness (QED) is 0.801. The van der Waals surface area contributed by atoms with Gasteiger partial charge < -0.3 is 10.1 Å². The second-order valence-corrected chi connectivity index (χ2v) is 4.09. The van der Waals surface area contributed by atoms with Crippen molar-refractivity contribution in [2.45, 2.75) is 32.9 Å². The van der Waals surface area contributed by atoms with Crippen LogP contribution in [0.1, 0.15) is 31.0 Å². The van der Waals surface area contributed by atoms with Crippen LogP contribution in [0.3, 0.4) is 0 Å². The molecule has 0 aromatic heterocycles. The molecule has 1 unspecified atom stereocenters. The molecule has 0 amide bonds. The maximum Gasteiger partial charge on any atom is 0.0667 e. The van der Waals surface area contributed by atoms with Crippen LogP contribution in [0.15, 0.2) is 24.3 Å². The standard InChI is InChI=1S/C13H21NO/c1-10-6-5-7-13(8-10)12(3)14-9-11(2)15-4/h5-8,11-12,14H,9H2,1-4H3/t11?,12-/m0/s1. The van der Waals surface area contributed by atoms with Gasteiger partial charge in [-0.15, -0.1) is 0 Å². The Morgan fingerprint density at radius 3 is 2.67 bits per heavy atom. The maximum atomic E-state index is 5.20. The van der Waals surface area contributed by atoms with Gasteiger partial charge in [0.2, 0.25) is 0 Å². The van der Waals surface area contributed by atoms with Crippen LogP contribution in [0.4, 0.5) is 0 Å². The first kappa shape index (κ1) is 12.2. The molecule has 0 aliphatic rings. The first-order chi connectivity index (χ1) is 7.13. The molecule has 2 heteroatoms. The van der Waals surface area contributed by atoms with Gasteiger partial charge >= 0.3 is 0 Å². The number of rotatable bonds is 5. The number of ether oxygens (including phenoxy) is 1. The van der Waals surface area contributed by atoms with Crippen LogP contribution in [0, 0.1) is 6.92 Å². The Balaban J connectivity index is 2.50. The molecule has 84 valence electrons. The van der Waals surface area contributed by atoms with Crippen molar-refractivity contribution >= 4 is 0 Å². The molecule has 0 spiro atoms. The van der Waals surface area contributed by atoms with Crippen molar-refractivity contribution in [3.8, 4) is 0 Å². The Bertz CT molecular complexity index is 298. The van der Waals surface area contributed by atoms with Gasteiger partial charge in [0.1, 0.15) is 0 Å². The largest absolute Gasteiger partial charge is 0.380 e. The third-order valence-corrected chi connectivity index (χ3v) is 2.66. The molecule has 1 rings (SSSR count). The number of benzene rings is 1. The highest BCUT2D eigenvalue weighted by atomic mass is 16.5. The molecule has 1 aromatic rings. The molecular weight excluding hydrogens is 186 g/mol. The fourth-order valence-corrected chi connectivity index (χ4v) is 1.48. The van der Waals surface area contributed by atoms with Crippen molar-refractivity contribution in [3.05, 3.63) is 35.4 Å². The van der Waals surface area contributed by atoms with Crippen LogP contribution < -0.4 is 5.32 Å². The monoisotopic (exact) mass is 207 g/mol. The summed E-state index contributed by atoms with van der Waals surface area (Å²) in [7, 11) is 1.74. The van der Waals surface area contributed by atoms with Gasteiger partial charge in [-0.2, -0.15) is 0 Å². The summed E-state index contributed by atoms with van der Waals surface area (Å²) < 4.78 is 5.20. The maximum absolute atomic E-state index is 5.20. The van der Waals surface area contributed by atoms with Crippen LogP contribution in [0.5, 0.6) is 0 Å². The molecular formula is C13H21NO. The second kappa shape index (κ2) is 5.89. The van der Waals surface area contributed by atoms with E-state index >= 15 is 0 Å². The lowest BCUT2D eigenvalue weighted by molar-refractivity contribution is 0.115. The average molecular weight is 207 g/mol. The molecule has 0 fully saturated rings. The third kappa shape index (κ3) is 4.02. The Morgan fingerprint density at radius 2 is 2.07 bits per heavy atom. The summed E-state index contributed by atoms with van der Waals surface area (Å²) in [6.45, 7) is 7.24. The van der Waals surface area contributed by atoms with E-state index in [0.717, 1.165) is 6.54 Å². The highest BCUT2D eigenvalue weighted by Gasteiger charge is 2.06. The van der Waals surface area contributed by atoms with E-state index in [1.807, 2.05) is 0 Å². The molecule has 15 heavy (non-hydrogen) atoms. The van der Waals surface area contributed by atoms with Crippen LogP contribution in [-0.4, -0.2) is 19.8 Å². The van der Waals surface area contributed by atoms with Crippen molar-refractivity contribution < 1.29 is 4.74 Å². The zero-order valence-electron chi connectivity index (χ0n) is 10.1. The molecule has 0 saturated carbocycles. The van der Waals surface area contributed by atoms with Gasteiger partial charge in [0.25, 0.3) is 0 Å². The molecule has 0 aliphatic carbocycles. The number of aryl methyl sites for hydroxylation is 1. The predicted molar refractivity (Wildman–Crippen MR) is 64.1 cm³/mol. The molecule has 2 atom stereocenters. The van der Waals surface area contributed by atoms with Gasteiger partial charge in [-0.05, 0) is 26.3 Å². The summed E-state index contributed by atoms with van der Waals surface area (Å²) in [4.78, 5) is 0. The number of methoxy groups -OCH3 is 1. The minimum Gasteiger partial charge on any atom is -0.380 e. The van der Waals surface area contributed by atoms with Gasteiger partial charge in [-0.1, -0.05) is 29.8 Å². The zero-order valence-corrected chi connectivity index (χ0v) is 10.1. The average Bonchev–Trinajstić information content (AvgIpc) is 2.25. The van der Waals surface area contributed by atoms with E-state index in [0.29, 0.717) is 6.04 Å². The van der Waals surface area contributed by atoms with E-state index in [1.54, 1.807) is 7.11 Å². The first-order valence-electron chi connectivity index (χ1n) is 5.46. The molecule has 2 nitrogen and oxygen atoms in total. The molecule has 0 heterocycles. The van der Waals surface area contributed by atoms with E-state index in [9.17, 15) is 0 Å². The highest BCUT2D eigenvalue weighted by Crippen LogP contribution is 2.13. The Morgan fingerprint density at radius 1 is 1.33 bits per heavy atom. The van der Waals surface area contributed by atoms with Crippen LogP contribution in [0.2, 0.25) is 0 Å². The highest BCUT2D eigenvalue weighted by molar-refractivity contribution is 5.24. The van der Waals surface area contributed by atoms with E-state index in [4.69, 9.17) is 4.74 Å². The molecule has 1 N–H and O–H groups in total. The SMILES string of the molecule is COC(C)CN[C@@H](C)c1cccc(C)c1. The van der Waals surface area contributed by atoms with Crippen LogP contribution >= 0.6 is 0 Å². The number of hydrogen-bond donors (Lipinski definition) is 1. The fourth-order valence-electron chi connectivity index (χ4n) is 1.48. The lowest BCUT2D eigenvalue weighted by Crippen LogP contribution is -2.28. The second-order valence-electron chi connectivity index (χ2n) is 4.09. The lowest BCUT2D eigenvalue weighted by Gasteiger charge is -2.17. The first-order valence-corrected chi connectivity index (χ1v) is 5.46. The molecule has 0 saturated heterocycles. The Hall–Kier alpha value is -0.860. The lowest BCUT2D eigenvalue weighted by atomic mass is 10.1. The van der Waals surface area contributed by atoms with Crippen molar-refractivity contribution in [3.63, 3.8) is 0 Å². The minimum absolute atomic E-state index is 0.261. The Kier molecular flexibility index (Phi) is 4.79. The van der Waals surface area contributed by atoms with Crippen LogP contribution in [0.25, 0.3) is 0 Å². The van der Waals surface area contributed by atoms with E-state index in [-0.39, 0.29) is 6.10 Å². The molecule has 0 aliphatic heterocycles. The summed E-state index contributed by atoms with van der Waals surface area (Å²) in [6, 6.07) is 8.97. The zero-order chi connectivity index (χ0) is 11.3. The fraction of sp³-hybridized carbons (Fsp3) is 0.538. The van der Waals surface area contributed by atoms with Gasteiger partial charge in [-0.25, -0.2) is 0 Å². The van der Waals surface area contributed by atoms with Crippen molar-refractivity contribution in [1.82, 2.24) is 5.32 Å². The minimum atomic E-state index is 0.261. The number of hydrogen-bond acceptors (Lipinski definition) is 2. The number of nitrogens with one attached hydrogen (secondary N) is 1. The summed E-state index contributed by atoms with van der Waals surface area (Å²) >= 11 is 0. The molecule has 0 radical (unpaired) electrons. The van der Waals surface area contributed by atoms with Gasteiger partial charge in [0.15, 0.2) is 0 Å². The predicted octanol–water partition coefficient (Wildman–Crippen LogP) is 2.68. The van der Waals surface area contributed by atoms with Gasteiger partial charge in [0, 0.05) is 19.7 Å². The van der Waals surface area contributed by atoms with Gasteiger partial charge in [0.05, 0.1) is 6.10 Å². The van der Waals surface area contributed by atoms with Crippen molar-refractivity contribution in [1.29, 1.82) is 0 Å². The summed E-state index contributed by atoms with van der Waals surface area (Å²) in [5, 5.41) is 3.45. The normalized spacial score (nSPS) is 14.9. The topological polar surface area (TPSA) is 21.3 Å². The summed E-state index contributed by atoms with van der Waals surface area (Å²) in [6.07, 6.45) is 0.261. The summed E-state index contributed by atoms with van der Waals surface area (Å²) in [5.41, 5.74) is 2.64. The van der Waals surface area contributed by atoms with Crippen LogP contribution in [-0.2, 0) is 4.74 Å². The van der Waals surface area contributed by atoms with E-state index in [2.05, 4.69) is 50.4 Å².